The highest BCUT2D eigenvalue weighted by molar-refractivity contribution is 5.81. The quantitative estimate of drug-likeness (QED) is 0.365. The molecule has 1 aromatic heterocycles. The van der Waals surface area contributed by atoms with Crippen LogP contribution in [0, 0.1) is 27.4 Å². The number of nitro groups is 1. The molecule has 29 heavy (non-hydrogen) atoms. The van der Waals surface area contributed by atoms with Crippen LogP contribution in [0.4, 0.5) is 11.6 Å². The van der Waals surface area contributed by atoms with E-state index in [1.165, 1.54) is 50.5 Å². The van der Waals surface area contributed by atoms with Crippen LogP contribution in [0.15, 0.2) is 33.8 Å². The van der Waals surface area contributed by atoms with Gasteiger partial charge in [0.05, 0.1) is 11.1 Å². The Labute approximate surface area is 169 Å². The van der Waals surface area contributed by atoms with Gasteiger partial charge in [-0.1, -0.05) is 38.3 Å². The van der Waals surface area contributed by atoms with Gasteiger partial charge in [-0.3, -0.25) is 10.1 Å². The number of nitrogens with zero attached hydrogens (tertiary/aromatic N) is 4. The zero-order valence-corrected chi connectivity index (χ0v) is 16.5. The SMILES string of the molecule is CCCCC1CCC(c2nc(C#N)c(N/N=C\c3cccc([N+](=O)[O-])c3)o2)CC1. The first-order valence-corrected chi connectivity index (χ1v) is 10.0. The van der Waals surface area contributed by atoms with Crippen LogP contribution in [0.1, 0.15) is 74.9 Å². The van der Waals surface area contributed by atoms with Crippen molar-refractivity contribution >= 4 is 17.8 Å². The van der Waals surface area contributed by atoms with E-state index < -0.39 is 4.92 Å². The first-order valence-electron chi connectivity index (χ1n) is 10.0. The molecular weight excluding hydrogens is 370 g/mol. The molecule has 0 unspecified atom stereocenters. The highest BCUT2D eigenvalue weighted by Crippen LogP contribution is 2.38. The number of nitro benzene ring substituents is 1. The van der Waals surface area contributed by atoms with Gasteiger partial charge in [-0.25, -0.2) is 10.4 Å². The number of hydrogen-bond donors (Lipinski definition) is 1. The lowest BCUT2D eigenvalue weighted by Gasteiger charge is -2.26. The van der Waals surface area contributed by atoms with Gasteiger partial charge in [0.25, 0.3) is 11.6 Å². The van der Waals surface area contributed by atoms with Gasteiger partial charge in [-0.2, -0.15) is 10.4 Å². The zero-order valence-electron chi connectivity index (χ0n) is 16.5. The van der Waals surface area contributed by atoms with Gasteiger partial charge >= 0.3 is 0 Å². The summed E-state index contributed by atoms with van der Waals surface area (Å²) in [5.74, 6) is 1.81. The molecule has 1 saturated carbocycles. The average Bonchev–Trinajstić information content (AvgIpc) is 3.16. The third-order valence-corrected chi connectivity index (χ3v) is 5.37. The maximum absolute atomic E-state index is 10.8. The Bertz CT molecular complexity index is 907. The fourth-order valence-corrected chi connectivity index (χ4v) is 3.74. The molecule has 1 heterocycles. The zero-order chi connectivity index (χ0) is 20.6. The molecule has 0 atom stereocenters. The lowest BCUT2D eigenvalue weighted by atomic mass is 9.80. The van der Waals surface area contributed by atoms with E-state index >= 15 is 0 Å². The second-order valence-corrected chi connectivity index (χ2v) is 7.42. The molecule has 152 valence electrons. The van der Waals surface area contributed by atoms with E-state index in [2.05, 4.69) is 22.4 Å². The Hall–Kier alpha value is -3.21. The monoisotopic (exact) mass is 395 g/mol. The van der Waals surface area contributed by atoms with Crippen LogP contribution in [0.25, 0.3) is 0 Å². The van der Waals surface area contributed by atoms with Crippen molar-refractivity contribution < 1.29 is 9.34 Å². The number of aromatic nitrogens is 1. The largest absolute Gasteiger partial charge is 0.422 e. The fraction of sp³-hybridized carbons (Fsp3) is 0.476. The van der Waals surface area contributed by atoms with Crippen LogP contribution >= 0.6 is 0 Å². The van der Waals surface area contributed by atoms with E-state index in [9.17, 15) is 15.4 Å². The number of benzene rings is 1. The van der Waals surface area contributed by atoms with Gasteiger partial charge in [0.1, 0.15) is 6.07 Å². The minimum Gasteiger partial charge on any atom is -0.422 e. The molecule has 1 aliphatic carbocycles. The molecule has 0 aliphatic heterocycles. The predicted octanol–water partition coefficient (Wildman–Crippen LogP) is 5.36. The Morgan fingerprint density at radius 2 is 2.21 bits per heavy atom. The van der Waals surface area contributed by atoms with Gasteiger partial charge in [0.2, 0.25) is 11.6 Å². The summed E-state index contributed by atoms with van der Waals surface area (Å²) in [4.78, 5) is 14.7. The maximum Gasteiger partial charge on any atom is 0.270 e. The van der Waals surface area contributed by atoms with Crippen molar-refractivity contribution in [1.82, 2.24) is 4.98 Å². The van der Waals surface area contributed by atoms with Crippen molar-refractivity contribution in [1.29, 1.82) is 5.26 Å². The number of nitrogens with one attached hydrogen (secondary N) is 1. The summed E-state index contributed by atoms with van der Waals surface area (Å²) in [5, 5.41) is 24.2. The first kappa shape index (κ1) is 20.5. The van der Waals surface area contributed by atoms with Crippen molar-refractivity contribution in [2.75, 3.05) is 5.43 Å². The molecule has 2 aromatic rings. The number of oxazole rings is 1. The van der Waals surface area contributed by atoms with Crippen LogP contribution in [0.3, 0.4) is 0 Å². The summed E-state index contributed by atoms with van der Waals surface area (Å²) < 4.78 is 5.79. The van der Waals surface area contributed by atoms with Crippen molar-refractivity contribution in [3.8, 4) is 6.07 Å². The van der Waals surface area contributed by atoms with E-state index in [0.717, 1.165) is 18.8 Å². The van der Waals surface area contributed by atoms with Crippen LogP contribution in [0.2, 0.25) is 0 Å². The Kier molecular flexibility index (Phi) is 6.95. The van der Waals surface area contributed by atoms with Crippen LogP contribution in [-0.2, 0) is 0 Å². The summed E-state index contributed by atoms with van der Waals surface area (Å²) in [6, 6.07) is 8.15. The molecule has 1 N–H and O–H groups in total. The lowest BCUT2D eigenvalue weighted by molar-refractivity contribution is -0.384. The van der Waals surface area contributed by atoms with Gasteiger partial charge in [-0.05, 0) is 31.6 Å². The third kappa shape index (κ3) is 5.41. The molecule has 1 fully saturated rings. The smallest absolute Gasteiger partial charge is 0.270 e. The van der Waals surface area contributed by atoms with Crippen molar-refractivity contribution in [3.63, 3.8) is 0 Å². The normalized spacial score (nSPS) is 19.2. The molecule has 1 aliphatic rings. The maximum atomic E-state index is 10.8. The standard InChI is InChI=1S/C21H25N5O3/c1-2-3-5-15-8-10-17(11-9-15)20-24-19(13-22)21(29-20)25-23-14-16-6-4-7-18(12-16)26(27)28/h4,6-7,12,14-15,17,25H,2-3,5,8-11H2,1H3/b23-14-. The molecule has 3 rings (SSSR count). The summed E-state index contributed by atoms with van der Waals surface area (Å²) >= 11 is 0. The molecule has 0 radical (unpaired) electrons. The van der Waals surface area contributed by atoms with Crippen molar-refractivity contribution in [2.24, 2.45) is 11.0 Å². The molecule has 0 saturated heterocycles. The van der Waals surface area contributed by atoms with Crippen LogP contribution in [-0.4, -0.2) is 16.1 Å². The van der Waals surface area contributed by atoms with E-state index in [1.54, 1.807) is 12.1 Å². The molecule has 0 bridgehead atoms. The topological polar surface area (TPSA) is 117 Å². The summed E-state index contributed by atoms with van der Waals surface area (Å²) in [7, 11) is 0. The summed E-state index contributed by atoms with van der Waals surface area (Å²) in [6.45, 7) is 2.22. The summed E-state index contributed by atoms with van der Waals surface area (Å²) in [6.07, 6.45) is 9.63. The van der Waals surface area contributed by atoms with E-state index in [0.29, 0.717) is 11.5 Å². The van der Waals surface area contributed by atoms with E-state index in [-0.39, 0.29) is 23.2 Å². The molecule has 1 aromatic carbocycles. The van der Waals surface area contributed by atoms with Crippen molar-refractivity contribution in [2.45, 2.75) is 57.8 Å². The molecule has 8 nitrogen and oxygen atoms in total. The molecular formula is C21H25N5O3. The van der Waals surface area contributed by atoms with Crippen LogP contribution < -0.4 is 5.43 Å². The van der Waals surface area contributed by atoms with Gasteiger partial charge in [-0.15, -0.1) is 0 Å². The Balaban J connectivity index is 1.63. The number of hydrogen-bond acceptors (Lipinski definition) is 7. The number of nitriles is 1. The summed E-state index contributed by atoms with van der Waals surface area (Å²) in [5.41, 5.74) is 3.43. The van der Waals surface area contributed by atoms with Gasteiger partial charge in [0, 0.05) is 23.6 Å². The second kappa shape index (κ2) is 9.82. The van der Waals surface area contributed by atoms with Gasteiger partial charge < -0.3 is 4.42 Å². The predicted molar refractivity (Wildman–Crippen MR) is 110 cm³/mol. The molecule has 0 amide bonds. The molecule has 0 spiro atoms. The van der Waals surface area contributed by atoms with Gasteiger partial charge in [0.15, 0.2) is 0 Å². The first-order chi connectivity index (χ1) is 14.1. The van der Waals surface area contributed by atoms with E-state index in [4.69, 9.17) is 4.42 Å². The second-order valence-electron chi connectivity index (χ2n) is 7.42. The lowest BCUT2D eigenvalue weighted by Crippen LogP contribution is -2.13. The Morgan fingerprint density at radius 3 is 2.90 bits per heavy atom. The van der Waals surface area contributed by atoms with Crippen molar-refractivity contribution in [3.05, 3.63) is 51.5 Å². The highest BCUT2D eigenvalue weighted by atomic mass is 16.6. The Morgan fingerprint density at radius 1 is 1.41 bits per heavy atom. The number of hydrazone groups is 1. The third-order valence-electron chi connectivity index (χ3n) is 5.37. The number of non-ortho nitro benzene ring substituents is 1. The number of rotatable bonds is 8. The molecule has 8 heteroatoms. The number of unbranched alkanes of at least 4 members (excludes halogenated alkanes) is 1. The minimum atomic E-state index is -0.460. The minimum absolute atomic E-state index is 0.0110. The van der Waals surface area contributed by atoms with Crippen LogP contribution in [0.5, 0.6) is 0 Å². The highest BCUT2D eigenvalue weighted by Gasteiger charge is 2.27. The average molecular weight is 395 g/mol. The van der Waals surface area contributed by atoms with E-state index in [1.807, 2.05) is 6.07 Å². The fourth-order valence-electron chi connectivity index (χ4n) is 3.74. The number of anilines is 1.